The minimum absolute atomic E-state index is 0.0293. The number of aromatic amines is 2. The Morgan fingerprint density at radius 3 is 2.22 bits per heavy atom. The van der Waals surface area contributed by atoms with Gasteiger partial charge in [0, 0.05) is 41.8 Å². The van der Waals surface area contributed by atoms with Crippen molar-refractivity contribution in [3.05, 3.63) is 54.2 Å². The van der Waals surface area contributed by atoms with Gasteiger partial charge in [-0.15, -0.1) is 0 Å². The third kappa shape index (κ3) is 8.89. The van der Waals surface area contributed by atoms with Crippen LogP contribution in [-0.2, 0) is 36.8 Å². The van der Waals surface area contributed by atoms with Crippen molar-refractivity contribution in [3.8, 4) is 0 Å². The van der Waals surface area contributed by atoms with Gasteiger partial charge in [-0.1, -0.05) is 32.0 Å². The van der Waals surface area contributed by atoms with Crippen LogP contribution in [0.4, 0.5) is 0 Å². The number of carboxylic acids is 1. The van der Waals surface area contributed by atoms with Crippen molar-refractivity contribution in [3.63, 3.8) is 0 Å². The smallest absolute Gasteiger partial charge is 0.326 e. The lowest BCUT2D eigenvalue weighted by Gasteiger charge is -2.26. The van der Waals surface area contributed by atoms with E-state index in [0.29, 0.717) is 5.69 Å². The summed E-state index contributed by atoms with van der Waals surface area (Å²) in [6.45, 7) is 3.69. The molecule has 0 spiro atoms. The number of para-hydroxylation sites is 1. The molecule has 220 valence electrons. The zero-order valence-electron chi connectivity index (χ0n) is 22.8. The number of imidazole rings is 1. The van der Waals surface area contributed by atoms with Crippen LogP contribution in [0.15, 0.2) is 43.0 Å². The highest BCUT2D eigenvalue weighted by Crippen LogP contribution is 2.19. The van der Waals surface area contributed by atoms with E-state index in [1.807, 2.05) is 38.1 Å². The van der Waals surface area contributed by atoms with Crippen LogP contribution in [0.1, 0.15) is 37.9 Å². The summed E-state index contributed by atoms with van der Waals surface area (Å²) in [5.41, 5.74) is 12.9. The Labute approximate surface area is 236 Å². The van der Waals surface area contributed by atoms with Gasteiger partial charge in [-0.2, -0.15) is 0 Å². The molecule has 0 fully saturated rings. The maximum atomic E-state index is 13.5. The first-order chi connectivity index (χ1) is 19.4. The molecule has 2 heterocycles. The molecule has 1 aromatic carbocycles. The lowest BCUT2D eigenvalue weighted by atomic mass is 10.00. The second-order valence-corrected chi connectivity index (χ2v) is 10.3. The number of carbonyl (C=O) groups excluding carboxylic acids is 4. The van der Waals surface area contributed by atoms with Gasteiger partial charge in [0.05, 0.1) is 18.8 Å². The zero-order valence-corrected chi connectivity index (χ0v) is 22.8. The normalized spacial score (nSPS) is 14.1. The summed E-state index contributed by atoms with van der Waals surface area (Å²) >= 11 is 0. The molecule has 0 aliphatic carbocycles. The number of amides is 4. The molecular formula is C27H36N8O6. The standard InChI is InChI=1S/C27H36N8O6/c1-14(2)7-20(33-24(37)18(28)10-23(29)36)25(38)34-21(8-15-11-31-19-6-4-3-5-17(15)19)26(39)35-22(27(40)41)9-16-12-30-13-32-16/h3-6,11-14,18,20-22,31H,7-10,28H2,1-2H3,(H2,29,36)(H,30,32)(H,33,37)(H,34,38)(H,35,39)(H,40,41). The number of rotatable bonds is 15. The van der Waals surface area contributed by atoms with Crippen molar-refractivity contribution in [1.29, 1.82) is 0 Å². The molecule has 14 nitrogen and oxygen atoms in total. The van der Waals surface area contributed by atoms with E-state index in [4.69, 9.17) is 11.5 Å². The number of H-pyrrole nitrogens is 2. The summed E-state index contributed by atoms with van der Waals surface area (Å²) in [7, 11) is 0. The Morgan fingerprint density at radius 2 is 1.59 bits per heavy atom. The second kappa shape index (κ2) is 14.1. The van der Waals surface area contributed by atoms with E-state index in [2.05, 4.69) is 30.9 Å². The van der Waals surface area contributed by atoms with Crippen LogP contribution in [0, 0.1) is 5.92 Å². The topological polar surface area (TPSA) is 238 Å². The number of nitrogens with two attached hydrogens (primary N) is 2. The Hall–Kier alpha value is -4.72. The molecule has 4 atom stereocenters. The number of hydrogen-bond acceptors (Lipinski definition) is 7. The number of hydrogen-bond donors (Lipinski definition) is 8. The molecule has 0 radical (unpaired) electrons. The van der Waals surface area contributed by atoms with Gasteiger partial charge in [0.2, 0.25) is 23.6 Å². The fraction of sp³-hybridized carbons (Fsp3) is 0.407. The quantitative estimate of drug-likeness (QED) is 0.118. The average molecular weight is 569 g/mol. The Kier molecular flexibility index (Phi) is 10.6. The third-order valence-electron chi connectivity index (χ3n) is 6.42. The van der Waals surface area contributed by atoms with E-state index < -0.39 is 60.2 Å². The minimum atomic E-state index is -1.30. The summed E-state index contributed by atoms with van der Waals surface area (Å²) in [5, 5.41) is 18.3. The van der Waals surface area contributed by atoms with Gasteiger partial charge in [0.1, 0.15) is 18.1 Å². The number of carbonyl (C=O) groups is 5. The second-order valence-electron chi connectivity index (χ2n) is 10.3. The maximum absolute atomic E-state index is 13.5. The number of aliphatic carboxylic acids is 1. The fourth-order valence-corrected chi connectivity index (χ4v) is 4.38. The summed E-state index contributed by atoms with van der Waals surface area (Å²) in [4.78, 5) is 72.5. The van der Waals surface area contributed by atoms with Crippen molar-refractivity contribution < 1.29 is 29.1 Å². The number of benzene rings is 1. The molecule has 0 aliphatic heterocycles. The predicted octanol–water partition coefficient (Wildman–Crippen LogP) is -0.536. The van der Waals surface area contributed by atoms with E-state index in [-0.39, 0.29) is 25.2 Å². The van der Waals surface area contributed by atoms with Crippen molar-refractivity contribution in [2.75, 3.05) is 0 Å². The summed E-state index contributed by atoms with van der Waals surface area (Å²) < 4.78 is 0. The van der Waals surface area contributed by atoms with Crippen LogP contribution in [0.2, 0.25) is 0 Å². The number of carboxylic acid groups (broad SMARTS) is 1. The molecule has 14 heteroatoms. The van der Waals surface area contributed by atoms with Crippen LogP contribution >= 0.6 is 0 Å². The van der Waals surface area contributed by atoms with Crippen LogP contribution < -0.4 is 27.4 Å². The van der Waals surface area contributed by atoms with Crippen molar-refractivity contribution in [2.24, 2.45) is 17.4 Å². The first kappa shape index (κ1) is 30.8. The lowest BCUT2D eigenvalue weighted by Crippen LogP contribution is -2.58. The monoisotopic (exact) mass is 568 g/mol. The number of primary amides is 1. The first-order valence-corrected chi connectivity index (χ1v) is 13.1. The molecule has 3 aromatic rings. The van der Waals surface area contributed by atoms with Gasteiger partial charge in [-0.05, 0) is 24.0 Å². The van der Waals surface area contributed by atoms with Crippen LogP contribution in [-0.4, -0.2) is 73.8 Å². The minimum Gasteiger partial charge on any atom is -0.480 e. The molecule has 0 bridgehead atoms. The van der Waals surface area contributed by atoms with Crippen LogP contribution in [0.3, 0.4) is 0 Å². The molecular weight excluding hydrogens is 532 g/mol. The fourth-order valence-electron chi connectivity index (χ4n) is 4.38. The highest BCUT2D eigenvalue weighted by molar-refractivity contribution is 5.95. The largest absolute Gasteiger partial charge is 0.480 e. The van der Waals surface area contributed by atoms with E-state index in [9.17, 15) is 29.1 Å². The van der Waals surface area contributed by atoms with Crippen LogP contribution in [0.25, 0.3) is 10.9 Å². The van der Waals surface area contributed by atoms with E-state index in [0.717, 1.165) is 16.5 Å². The number of nitrogens with zero attached hydrogens (tertiary/aromatic N) is 1. The SMILES string of the molecule is CC(C)CC(NC(=O)C(N)CC(N)=O)C(=O)NC(Cc1c[nH]c2ccccc12)C(=O)NC(Cc1cnc[nH]1)C(=O)O. The van der Waals surface area contributed by atoms with Crippen molar-refractivity contribution >= 4 is 40.5 Å². The number of aromatic nitrogens is 3. The van der Waals surface area contributed by atoms with Gasteiger partial charge >= 0.3 is 5.97 Å². The zero-order chi connectivity index (χ0) is 30.1. The predicted molar refractivity (Wildman–Crippen MR) is 149 cm³/mol. The Morgan fingerprint density at radius 1 is 0.927 bits per heavy atom. The highest BCUT2D eigenvalue weighted by atomic mass is 16.4. The molecule has 4 amide bonds. The average Bonchev–Trinajstić information content (AvgIpc) is 3.56. The van der Waals surface area contributed by atoms with E-state index in [1.54, 1.807) is 6.20 Å². The molecule has 41 heavy (non-hydrogen) atoms. The molecule has 10 N–H and O–H groups in total. The van der Waals surface area contributed by atoms with Gasteiger partial charge < -0.3 is 42.5 Å². The summed E-state index contributed by atoms with van der Waals surface area (Å²) in [5.74, 6) is -4.21. The first-order valence-electron chi connectivity index (χ1n) is 13.1. The van der Waals surface area contributed by atoms with Gasteiger partial charge in [-0.3, -0.25) is 19.2 Å². The molecule has 4 unspecified atom stereocenters. The lowest BCUT2D eigenvalue weighted by molar-refractivity contribution is -0.142. The molecule has 2 aromatic heterocycles. The van der Waals surface area contributed by atoms with Gasteiger partial charge in [0.25, 0.3) is 0 Å². The maximum Gasteiger partial charge on any atom is 0.326 e. The summed E-state index contributed by atoms with van der Waals surface area (Å²) in [6, 6.07) is 2.57. The number of nitrogens with one attached hydrogen (secondary N) is 5. The van der Waals surface area contributed by atoms with E-state index in [1.165, 1.54) is 12.5 Å². The van der Waals surface area contributed by atoms with Crippen molar-refractivity contribution in [1.82, 2.24) is 30.9 Å². The summed E-state index contributed by atoms with van der Waals surface area (Å²) in [6.07, 6.45) is 4.34. The number of fused-ring (bicyclic) bond motifs is 1. The Bertz CT molecular complexity index is 1370. The molecule has 0 aliphatic rings. The van der Waals surface area contributed by atoms with Gasteiger partial charge in [-0.25, -0.2) is 9.78 Å². The molecule has 0 saturated carbocycles. The van der Waals surface area contributed by atoms with Crippen LogP contribution in [0.5, 0.6) is 0 Å². The third-order valence-corrected chi connectivity index (χ3v) is 6.42. The van der Waals surface area contributed by atoms with Gasteiger partial charge in [0.15, 0.2) is 0 Å². The molecule has 0 saturated heterocycles. The van der Waals surface area contributed by atoms with E-state index >= 15 is 0 Å². The Balaban J connectivity index is 1.85. The van der Waals surface area contributed by atoms with Crippen molar-refractivity contribution in [2.45, 2.75) is 63.7 Å². The highest BCUT2D eigenvalue weighted by Gasteiger charge is 2.31. The molecule has 3 rings (SSSR count).